The van der Waals surface area contributed by atoms with Gasteiger partial charge in [0.15, 0.2) is 0 Å². The van der Waals surface area contributed by atoms with Crippen LogP contribution in [-0.4, -0.2) is 5.91 Å². The van der Waals surface area contributed by atoms with Crippen LogP contribution in [0.4, 0.5) is 0 Å². The van der Waals surface area contributed by atoms with Crippen LogP contribution in [0.3, 0.4) is 0 Å². The van der Waals surface area contributed by atoms with Gasteiger partial charge in [-0.1, -0.05) is 55.8 Å². The summed E-state index contributed by atoms with van der Waals surface area (Å²) in [6, 6.07) is 13.6. The molecule has 2 rings (SSSR count). The van der Waals surface area contributed by atoms with Crippen molar-refractivity contribution >= 4 is 33.4 Å². The van der Waals surface area contributed by atoms with E-state index in [-0.39, 0.29) is 5.91 Å². The van der Waals surface area contributed by atoms with Crippen molar-refractivity contribution in [2.75, 3.05) is 0 Å². The highest BCUT2D eigenvalue weighted by atomic mass is 79.9. The van der Waals surface area contributed by atoms with Crippen LogP contribution in [0, 0.1) is 0 Å². The molecule has 110 valence electrons. The van der Waals surface area contributed by atoms with Gasteiger partial charge in [0.2, 0.25) is 0 Å². The van der Waals surface area contributed by atoms with Crippen molar-refractivity contribution in [1.29, 1.82) is 0 Å². The Balaban J connectivity index is 2.02. The fraction of sp³-hybridized carbons (Fsp3) is 0.235. The molecule has 1 N–H and O–H groups in total. The lowest BCUT2D eigenvalue weighted by atomic mass is 10.0. The van der Waals surface area contributed by atoms with Crippen LogP contribution in [0.5, 0.6) is 0 Å². The molecule has 4 heteroatoms. The molecule has 0 spiro atoms. The van der Waals surface area contributed by atoms with Crippen LogP contribution in [0.15, 0.2) is 46.9 Å². The molecule has 0 radical (unpaired) electrons. The van der Waals surface area contributed by atoms with Gasteiger partial charge in [-0.05, 0) is 45.1 Å². The molecule has 0 bridgehead atoms. The number of carbonyl (C=O) groups is 1. The quantitative estimate of drug-likeness (QED) is 0.796. The number of hydrogen-bond donors (Lipinski definition) is 1. The van der Waals surface area contributed by atoms with Gasteiger partial charge < -0.3 is 5.32 Å². The molecule has 21 heavy (non-hydrogen) atoms. The van der Waals surface area contributed by atoms with E-state index in [0.717, 1.165) is 10.0 Å². The molecule has 0 heterocycles. The summed E-state index contributed by atoms with van der Waals surface area (Å²) in [5.41, 5.74) is 2.84. The highest BCUT2D eigenvalue weighted by molar-refractivity contribution is 9.10. The van der Waals surface area contributed by atoms with Crippen molar-refractivity contribution in [3.05, 3.63) is 68.7 Å². The smallest absolute Gasteiger partial charge is 0.253 e. The Kier molecular flexibility index (Phi) is 5.43. The van der Waals surface area contributed by atoms with Crippen LogP contribution in [0.1, 0.15) is 41.3 Å². The molecule has 0 aromatic heterocycles. The number of benzene rings is 2. The molecule has 0 aliphatic heterocycles. The SMILES string of the molecule is CC(C)c1ccc(CNC(=O)c2cccc(Br)c2Cl)cc1. The third-order valence-corrected chi connectivity index (χ3v) is 4.59. The fourth-order valence-corrected chi connectivity index (χ4v) is 2.56. The van der Waals surface area contributed by atoms with E-state index in [1.165, 1.54) is 5.56 Å². The summed E-state index contributed by atoms with van der Waals surface area (Å²) in [6.07, 6.45) is 0. The van der Waals surface area contributed by atoms with E-state index in [2.05, 4.69) is 47.2 Å². The highest BCUT2D eigenvalue weighted by Gasteiger charge is 2.11. The Labute approximate surface area is 138 Å². The van der Waals surface area contributed by atoms with Crippen molar-refractivity contribution in [3.63, 3.8) is 0 Å². The highest BCUT2D eigenvalue weighted by Crippen LogP contribution is 2.25. The molecule has 0 unspecified atom stereocenters. The van der Waals surface area contributed by atoms with Crippen molar-refractivity contribution in [3.8, 4) is 0 Å². The second-order valence-corrected chi connectivity index (χ2v) is 6.41. The first-order valence-corrected chi connectivity index (χ1v) is 7.97. The maximum Gasteiger partial charge on any atom is 0.253 e. The molecular weight excluding hydrogens is 350 g/mol. The molecule has 2 aromatic carbocycles. The summed E-state index contributed by atoms with van der Waals surface area (Å²) in [5, 5.41) is 3.32. The van der Waals surface area contributed by atoms with Crippen molar-refractivity contribution in [2.24, 2.45) is 0 Å². The summed E-state index contributed by atoms with van der Waals surface area (Å²) >= 11 is 9.44. The predicted molar refractivity (Wildman–Crippen MR) is 90.9 cm³/mol. The molecule has 0 fully saturated rings. The van der Waals surface area contributed by atoms with Gasteiger partial charge in [0.05, 0.1) is 10.6 Å². The lowest BCUT2D eigenvalue weighted by Crippen LogP contribution is -2.23. The summed E-state index contributed by atoms with van der Waals surface area (Å²) in [7, 11) is 0. The minimum atomic E-state index is -0.172. The van der Waals surface area contributed by atoms with Crippen LogP contribution < -0.4 is 5.32 Å². The second-order valence-electron chi connectivity index (χ2n) is 5.18. The number of nitrogens with one attached hydrogen (secondary N) is 1. The zero-order chi connectivity index (χ0) is 15.4. The molecule has 0 saturated carbocycles. The van der Waals surface area contributed by atoms with E-state index in [1.54, 1.807) is 12.1 Å². The lowest BCUT2D eigenvalue weighted by Gasteiger charge is -2.09. The van der Waals surface area contributed by atoms with E-state index >= 15 is 0 Å². The van der Waals surface area contributed by atoms with Gasteiger partial charge in [-0.2, -0.15) is 0 Å². The summed E-state index contributed by atoms with van der Waals surface area (Å²) < 4.78 is 0.720. The standard InChI is InChI=1S/C17H17BrClNO/c1-11(2)13-8-6-12(7-9-13)10-20-17(21)14-4-3-5-15(18)16(14)19/h3-9,11H,10H2,1-2H3,(H,20,21). The minimum absolute atomic E-state index is 0.172. The average Bonchev–Trinajstić information content (AvgIpc) is 2.48. The van der Waals surface area contributed by atoms with Gasteiger partial charge in [-0.15, -0.1) is 0 Å². The molecule has 2 aromatic rings. The lowest BCUT2D eigenvalue weighted by molar-refractivity contribution is 0.0951. The molecule has 0 atom stereocenters. The molecule has 0 aliphatic rings. The maximum absolute atomic E-state index is 12.1. The van der Waals surface area contributed by atoms with Crippen LogP contribution >= 0.6 is 27.5 Å². The first-order chi connectivity index (χ1) is 9.99. The van der Waals surface area contributed by atoms with Crippen molar-refractivity contribution in [2.45, 2.75) is 26.3 Å². The zero-order valence-corrected chi connectivity index (χ0v) is 14.3. The van der Waals surface area contributed by atoms with E-state index < -0.39 is 0 Å². The van der Waals surface area contributed by atoms with Gasteiger partial charge >= 0.3 is 0 Å². The number of rotatable bonds is 4. The molecule has 0 aliphatic carbocycles. The average molecular weight is 367 g/mol. The van der Waals surface area contributed by atoms with Gasteiger partial charge in [0, 0.05) is 11.0 Å². The van der Waals surface area contributed by atoms with Gasteiger partial charge in [-0.3, -0.25) is 4.79 Å². The van der Waals surface area contributed by atoms with Gasteiger partial charge in [0.25, 0.3) is 5.91 Å². The Morgan fingerprint density at radius 1 is 1.19 bits per heavy atom. The Morgan fingerprint density at radius 2 is 1.86 bits per heavy atom. The van der Waals surface area contributed by atoms with Crippen LogP contribution in [0.2, 0.25) is 5.02 Å². The third kappa shape index (κ3) is 4.08. The van der Waals surface area contributed by atoms with Crippen molar-refractivity contribution in [1.82, 2.24) is 5.32 Å². The van der Waals surface area contributed by atoms with Gasteiger partial charge in [0.1, 0.15) is 0 Å². The van der Waals surface area contributed by atoms with Crippen LogP contribution in [0.25, 0.3) is 0 Å². The van der Waals surface area contributed by atoms with Crippen LogP contribution in [-0.2, 0) is 6.54 Å². The third-order valence-electron chi connectivity index (χ3n) is 3.30. The van der Waals surface area contributed by atoms with E-state index in [9.17, 15) is 4.79 Å². The number of hydrogen-bond acceptors (Lipinski definition) is 1. The van der Waals surface area contributed by atoms with E-state index in [0.29, 0.717) is 23.0 Å². The first-order valence-electron chi connectivity index (χ1n) is 6.80. The van der Waals surface area contributed by atoms with E-state index in [4.69, 9.17) is 11.6 Å². The van der Waals surface area contributed by atoms with Crippen molar-refractivity contribution < 1.29 is 4.79 Å². The fourth-order valence-electron chi connectivity index (χ4n) is 1.98. The molecule has 0 saturated heterocycles. The minimum Gasteiger partial charge on any atom is -0.348 e. The number of carbonyl (C=O) groups excluding carboxylic acids is 1. The summed E-state index contributed by atoms with van der Waals surface area (Å²) in [4.78, 5) is 12.1. The van der Waals surface area contributed by atoms with Gasteiger partial charge in [-0.25, -0.2) is 0 Å². The topological polar surface area (TPSA) is 29.1 Å². The second kappa shape index (κ2) is 7.10. The largest absolute Gasteiger partial charge is 0.348 e. The number of halogens is 2. The Bertz CT molecular complexity index is 638. The maximum atomic E-state index is 12.1. The monoisotopic (exact) mass is 365 g/mol. The Morgan fingerprint density at radius 3 is 2.48 bits per heavy atom. The van der Waals surface area contributed by atoms with E-state index in [1.807, 2.05) is 18.2 Å². The Hall–Kier alpha value is -1.32. The number of amides is 1. The molecule has 2 nitrogen and oxygen atoms in total. The predicted octanol–water partition coefficient (Wildman–Crippen LogP) is 5.16. The summed E-state index contributed by atoms with van der Waals surface area (Å²) in [6.45, 7) is 4.80. The first kappa shape index (κ1) is 16.1. The zero-order valence-electron chi connectivity index (χ0n) is 12.0. The molecule has 1 amide bonds. The summed E-state index contributed by atoms with van der Waals surface area (Å²) in [5.74, 6) is 0.336. The normalized spacial score (nSPS) is 10.7. The molecular formula is C17H17BrClNO.